The van der Waals surface area contributed by atoms with Gasteiger partial charge in [-0.2, -0.15) is 4.98 Å². The molecule has 0 unspecified atom stereocenters. The average Bonchev–Trinajstić information content (AvgIpc) is 3.41. The number of anilines is 1. The van der Waals surface area contributed by atoms with E-state index in [4.69, 9.17) is 9.40 Å². The number of benzene rings is 1. The highest BCUT2D eigenvalue weighted by molar-refractivity contribution is 5.79. The van der Waals surface area contributed by atoms with E-state index in [1.54, 1.807) is 30.8 Å². The molecule has 0 bridgehead atoms. The lowest BCUT2D eigenvalue weighted by atomic mass is 10.0. The Labute approximate surface area is 196 Å². The van der Waals surface area contributed by atoms with Gasteiger partial charge in [0.1, 0.15) is 23.5 Å². The molecule has 1 saturated heterocycles. The van der Waals surface area contributed by atoms with Crippen molar-refractivity contribution in [2.75, 3.05) is 18.4 Å². The number of imidazole rings is 1. The summed E-state index contributed by atoms with van der Waals surface area (Å²) in [4.78, 5) is 28.1. The van der Waals surface area contributed by atoms with Crippen molar-refractivity contribution in [2.24, 2.45) is 5.92 Å². The zero-order valence-corrected chi connectivity index (χ0v) is 19.2. The first-order valence-electron chi connectivity index (χ1n) is 11.6. The van der Waals surface area contributed by atoms with E-state index in [0.29, 0.717) is 35.5 Å². The van der Waals surface area contributed by atoms with Gasteiger partial charge in [-0.15, -0.1) is 0 Å². The number of oxazole rings is 1. The highest BCUT2D eigenvalue weighted by Crippen LogP contribution is 2.32. The summed E-state index contributed by atoms with van der Waals surface area (Å²) >= 11 is 0. The molecule has 1 fully saturated rings. The van der Waals surface area contributed by atoms with Crippen LogP contribution in [0.25, 0.3) is 28.5 Å². The molecule has 3 aromatic heterocycles. The van der Waals surface area contributed by atoms with Crippen LogP contribution in [0.1, 0.15) is 33.1 Å². The smallest absolute Gasteiger partial charge is 0.306 e. The van der Waals surface area contributed by atoms with Gasteiger partial charge in [0, 0.05) is 43.5 Å². The summed E-state index contributed by atoms with van der Waals surface area (Å²) < 4.78 is 20.8. The van der Waals surface area contributed by atoms with Crippen molar-refractivity contribution < 1.29 is 13.6 Å². The maximum Gasteiger partial charge on any atom is 0.306 e. The quantitative estimate of drug-likeness (QED) is 0.449. The molecule has 1 aliphatic rings. The Kier molecular flexibility index (Phi) is 6.00. The van der Waals surface area contributed by atoms with Gasteiger partial charge in [-0.25, -0.2) is 14.4 Å². The van der Waals surface area contributed by atoms with Gasteiger partial charge in [0.15, 0.2) is 0 Å². The molecule has 1 aliphatic heterocycles. The molecule has 4 heterocycles. The number of nitrogens with zero attached hydrogens (tertiary/aromatic N) is 5. The lowest BCUT2D eigenvalue weighted by Crippen LogP contribution is -2.42. The Hall–Kier alpha value is -3.75. The molecular weight excluding hydrogens is 435 g/mol. The zero-order valence-electron chi connectivity index (χ0n) is 19.2. The number of amides is 1. The van der Waals surface area contributed by atoms with Crippen molar-refractivity contribution in [3.8, 4) is 22.6 Å². The molecule has 4 aromatic rings. The average molecular weight is 463 g/mol. The Balaban J connectivity index is 1.36. The van der Waals surface area contributed by atoms with Crippen molar-refractivity contribution in [3.05, 3.63) is 54.8 Å². The first-order valence-corrected chi connectivity index (χ1v) is 11.6. The van der Waals surface area contributed by atoms with Crippen LogP contribution in [-0.4, -0.2) is 49.3 Å². The minimum absolute atomic E-state index is 0.189. The summed E-state index contributed by atoms with van der Waals surface area (Å²) in [5, 5.41) is 3.43. The number of carbonyl (C=O) groups excluding carboxylic acids is 1. The van der Waals surface area contributed by atoms with Crippen LogP contribution in [0, 0.1) is 11.7 Å². The Morgan fingerprint density at radius 3 is 2.68 bits per heavy atom. The fourth-order valence-corrected chi connectivity index (χ4v) is 4.33. The lowest BCUT2D eigenvalue weighted by molar-refractivity contribution is -0.132. The molecule has 8 nitrogen and oxygen atoms in total. The third-order valence-corrected chi connectivity index (χ3v) is 6.04. The molecule has 9 heteroatoms. The molecule has 176 valence electrons. The van der Waals surface area contributed by atoms with Crippen molar-refractivity contribution in [3.63, 3.8) is 0 Å². The first kappa shape index (κ1) is 22.1. The highest BCUT2D eigenvalue weighted by atomic mass is 19.1. The number of piperidine rings is 1. The number of aromatic nitrogens is 4. The largest absolute Gasteiger partial charge is 0.432 e. The Morgan fingerprint density at radius 2 is 1.94 bits per heavy atom. The second-order valence-corrected chi connectivity index (χ2v) is 9.03. The van der Waals surface area contributed by atoms with E-state index in [-0.39, 0.29) is 17.8 Å². The standard InChI is InChI=1S/C25H27FN6O2/c1-16(2)15-21(33)31-11-8-19(9-12-31)28-24-27-10-7-20(29-24)23-22(17-3-5-18(26)6-4-17)30-25-32(23)13-14-34-25/h3-7,10,13-14,16,19H,8-9,11-12,15H2,1-2H3,(H,27,28,29). The molecule has 5 rings (SSSR count). The van der Waals surface area contributed by atoms with Crippen molar-refractivity contribution in [2.45, 2.75) is 39.2 Å². The number of likely N-dealkylation sites (tertiary alicyclic amines) is 1. The summed E-state index contributed by atoms with van der Waals surface area (Å²) in [6, 6.07) is 8.21. The molecule has 0 radical (unpaired) electrons. The summed E-state index contributed by atoms with van der Waals surface area (Å²) in [5.74, 6) is 1.24. The third-order valence-electron chi connectivity index (χ3n) is 6.04. The van der Waals surface area contributed by atoms with Crippen LogP contribution in [0.4, 0.5) is 10.3 Å². The molecule has 1 amide bonds. The normalized spacial score (nSPS) is 14.8. The van der Waals surface area contributed by atoms with Crippen LogP contribution >= 0.6 is 0 Å². The van der Waals surface area contributed by atoms with E-state index in [1.165, 1.54) is 12.1 Å². The van der Waals surface area contributed by atoms with Gasteiger partial charge in [0.25, 0.3) is 0 Å². The molecule has 1 N–H and O–H groups in total. The molecule has 34 heavy (non-hydrogen) atoms. The maximum absolute atomic E-state index is 13.5. The van der Waals surface area contributed by atoms with Crippen molar-refractivity contribution in [1.82, 2.24) is 24.3 Å². The van der Waals surface area contributed by atoms with E-state index in [1.807, 2.05) is 15.4 Å². The number of hydrogen-bond acceptors (Lipinski definition) is 6. The van der Waals surface area contributed by atoms with E-state index >= 15 is 0 Å². The predicted molar refractivity (Wildman–Crippen MR) is 127 cm³/mol. The first-order chi connectivity index (χ1) is 16.5. The number of nitrogens with one attached hydrogen (secondary N) is 1. The molecule has 0 atom stereocenters. The van der Waals surface area contributed by atoms with Crippen LogP contribution in [0.2, 0.25) is 0 Å². The number of carbonyl (C=O) groups is 1. The topological polar surface area (TPSA) is 88.6 Å². The van der Waals surface area contributed by atoms with Crippen LogP contribution < -0.4 is 5.32 Å². The van der Waals surface area contributed by atoms with E-state index in [0.717, 1.165) is 37.2 Å². The molecule has 0 spiro atoms. The SMILES string of the molecule is CC(C)CC(=O)N1CCC(Nc2nccc(-c3c(-c4ccc(F)cc4)nc4occn34)n2)CC1. The fraction of sp³-hybridized carbons (Fsp3) is 0.360. The summed E-state index contributed by atoms with van der Waals surface area (Å²) in [6.07, 6.45) is 7.33. The predicted octanol–water partition coefficient (Wildman–Crippen LogP) is 4.64. The number of rotatable bonds is 6. The Morgan fingerprint density at radius 1 is 1.18 bits per heavy atom. The number of hydrogen-bond donors (Lipinski definition) is 1. The van der Waals surface area contributed by atoms with Crippen molar-refractivity contribution in [1.29, 1.82) is 0 Å². The second kappa shape index (κ2) is 9.24. The van der Waals surface area contributed by atoms with Gasteiger partial charge in [-0.05, 0) is 49.1 Å². The monoisotopic (exact) mass is 462 g/mol. The maximum atomic E-state index is 13.5. The summed E-state index contributed by atoms with van der Waals surface area (Å²) in [6.45, 7) is 5.59. The number of fused-ring (bicyclic) bond motifs is 1. The molecule has 0 aliphatic carbocycles. The number of halogens is 1. The second-order valence-electron chi connectivity index (χ2n) is 9.03. The van der Waals surface area contributed by atoms with Gasteiger partial charge in [-0.3, -0.25) is 9.20 Å². The lowest BCUT2D eigenvalue weighted by Gasteiger charge is -2.32. The van der Waals surface area contributed by atoms with Gasteiger partial charge in [0.2, 0.25) is 11.9 Å². The van der Waals surface area contributed by atoms with Crippen molar-refractivity contribution >= 4 is 17.7 Å². The molecule has 1 aromatic carbocycles. The zero-order chi connectivity index (χ0) is 23.7. The minimum Gasteiger partial charge on any atom is -0.432 e. The molecular formula is C25H27FN6O2. The van der Waals surface area contributed by atoms with Gasteiger partial charge in [-0.1, -0.05) is 13.8 Å². The van der Waals surface area contributed by atoms with Crippen LogP contribution in [0.3, 0.4) is 0 Å². The fourth-order valence-electron chi connectivity index (χ4n) is 4.33. The van der Waals surface area contributed by atoms with Gasteiger partial charge < -0.3 is 14.6 Å². The molecule has 0 saturated carbocycles. The summed E-state index contributed by atoms with van der Waals surface area (Å²) in [7, 11) is 0. The Bertz CT molecular complexity index is 1290. The summed E-state index contributed by atoms with van der Waals surface area (Å²) in [5.41, 5.74) is 2.84. The van der Waals surface area contributed by atoms with Gasteiger partial charge in [0.05, 0.1) is 5.69 Å². The van der Waals surface area contributed by atoms with E-state index in [2.05, 4.69) is 29.1 Å². The third kappa shape index (κ3) is 4.50. The van der Waals surface area contributed by atoms with E-state index < -0.39 is 0 Å². The van der Waals surface area contributed by atoms with Crippen LogP contribution in [-0.2, 0) is 4.79 Å². The highest BCUT2D eigenvalue weighted by Gasteiger charge is 2.24. The van der Waals surface area contributed by atoms with E-state index in [9.17, 15) is 9.18 Å². The van der Waals surface area contributed by atoms with Gasteiger partial charge >= 0.3 is 5.84 Å². The van der Waals surface area contributed by atoms with Crippen LogP contribution in [0.5, 0.6) is 0 Å². The minimum atomic E-state index is -0.307. The van der Waals surface area contributed by atoms with Crippen LogP contribution in [0.15, 0.2) is 53.4 Å².